The van der Waals surface area contributed by atoms with Gasteiger partial charge in [-0.3, -0.25) is 4.72 Å². The number of halogens is 1. The number of nitrogens with zero attached hydrogens (tertiary/aromatic N) is 2. The molecule has 1 aliphatic heterocycles. The highest BCUT2D eigenvalue weighted by Gasteiger charge is 2.32. The summed E-state index contributed by atoms with van der Waals surface area (Å²) in [7, 11) is -7.20. The van der Waals surface area contributed by atoms with Crippen LogP contribution in [0.2, 0.25) is 0 Å². The van der Waals surface area contributed by atoms with Crippen LogP contribution >= 0.6 is 0 Å². The van der Waals surface area contributed by atoms with Gasteiger partial charge in [-0.25, -0.2) is 25.9 Å². The summed E-state index contributed by atoms with van der Waals surface area (Å²) >= 11 is 0. The molecule has 0 bridgehead atoms. The van der Waals surface area contributed by atoms with Crippen LogP contribution in [0.15, 0.2) is 65.6 Å². The minimum Gasteiger partial charge on any atom is -0.264 e. The van der Waals surface area contributed by atoms with Crippen molar-refractivity contribution < 1.29 is 21.2 Å². The van der Waals surface area contributed by atoms with E-state index in [4.69, 9.17) is 0 Å². The normalized spacial score (nSPS) is 18.6. The maximum Gasteiger partial charge on any atom is 0.263 e. The maximum absolute atomic E-state index is 13.1. The highest BCUT2D eigenvalue weighted by molar-refractivity contribution is 7.92. The van der Waals surface area contributed by atoms with Gasteiger partial charge in [-0.15, -0.1) is 0 Å². The van der Waals surface area contributed by atoms with Crippen molar-refractivity contribution in [3.05, 3.63) is 66.5 Å². The van der Waals surface area contributed by atoms with Crippen molar-refractivity contribution >= 4 is 25.7 Å². The van der Waals surface area contributed by atoms with Crippen molar-refractivity contribution in [1.29, 1.82) is 0 Å². The highest BCUT2D eigenvalue weighted by Crippen LogP contribution is 2.31. The van der Waals surface area contributed by atoms with Crippen LogP contribution in [0, 0.1) is 5.82 Å². The van der Waals surface area contributed by atoms with Crippen molar-refractivity contribution in [2.75, 3.05) is 16.2 Å². The first-order valence-electron chi connectivity index (χ1n) is 8.87. The lowest BCUT2D eigenvalue weighted by Crippen LogP contribution is -2.20. The van der Waals surface area contributed by atoms with E-state index in [0.717, 1.165) is 29.8 Å². The monoisotopic (exact) mass is 435 g/mol. The van der Waals surface area contributed by atoms with Gasteiger partial charge in [0.25, 0.3) is 10.0 Å². The van der Waals surface area contributed by atoms with Crippen LogP contribution < -0.4 is 4.72 Å². The van der Waals surface area contributed by atoms with Gasteiger partial charge >= 0.3 is 0 Å². The molecule has 0 radical (unpaired) electrons. The average molecular weight is 436 g/mol. The van der Waals surface area contributed by atoms with E-state index >= 15 is 0 Å². The molecule has 0 spiro atoms. The Bertz CT molecular complexity index is 1240. The van der Waals surface area contributed by atoms with Gasteiger partial charge in [-0.05, 0) is 30.7 Å². The van der Waals surface area contributed by atoms with E-state index in [0.29, 0.717) is 12.1 Å². The van der Waals surface area contributed by atoms with Crippen LogP contribution in [0.5, 0.6) is 0 Å². The molecule has 0 saturated carbocycles. The molecule has 1 fully saturated rings. The van der Waals surface area contributed by atoms with Gasteiger partial charge in [0.05, 0.1) is 28.1 Å². The highest BCUT2D eigenvalue weighted by atomic mass is 32.2. The van der Waals surface area contributed by atoms with Gasteiger partial charge in [0.15, 0.2) is 9.84 Å². The van der Waals surface area contributed by atoms with Crippen LogP contribution in [-0.2, 0) is 19.9 Å². The van der Waals surface area contributed by atoms with E-state index in [1.165, 1.54) is 4.68 Å². The third-order valence-corrected chi connectivity index (χ3v) is 7.84. The molecule has 0 unspecified atom stereocenters. The van der Waals surface area contributed by atoms with Crippen molar-refractivity contribution in [3.63, 3.8) is 0 Å². The van der Waals surface area contributed by atoms with Crippen molar-refractivity contribution in [2.45, 2.75) is 17.4 Å². The van der Waals surface area contributed by atoms with E-state index in [1.54, 1.807) is 6.07 Å². The Morgan fingerprint density at radius 3 is 2.38 bits per heavy atom. The zero-order chi connectivity index (χ0) is 20.6. The van der Waals surface area contributed by atoms with E-state index in [-0.39, 0.29) is 22.2 Å². The molecule has 0 amide bonds. The van der Waals surface area contributed by atoms with Crippen LogP contribution in [0.25, 0.3) is 11.3 Å². The number of rotatable bonds is 5. The molecule has 1 N–H and O–H groups in total. The number of benzene rings is 2. The van der Waals surface area contributed by atoms with Gasteiger partial charge in [0.1, 0.15) is 11.6 Å². The molecule has 0 aliphatic carbocycles. The number of sulfonamides is 1. The molecule has 29 heavy (non-hydrogen) atoms. The van der Waals surface area contributed by atoms with Gasteiger partial charge < -0.3 is 0 Å². The first kappa shape index (κ1) is 19.6. The molecule has 2 aromatic carbocycles. The summed E-state index contributed by atoms with van der Waals surface area (Å²) in [4.78, 5) is -0.105. The molecule has 152 valence electrons. The SMILES string of the molecule is O=S1(=O)CC[C@H](n2nc(-c3ccccc3)cc2NS(=O)(=O)c2ccc(F)cc2)C1. The quantitative estimate of drug-likeness (QED) is 0.665. The molecule has 1 atom stereocenters. The summed E-state index contributed by atoms with van der Waals surface area (Å²) in [5, 5.41) is 4.49. The number of nitrogens with one attached hydrogen (secondary N) is 1. The summed E-state index contributed by atoms with van der Waals surface area (Å²) in [5.41, 5.74) is 1.29. The average Bonchev–Trinajstić information content (AvgIpc) is 3.25. The zero-order valence-electron chi connectivity index (χ0n) is 15.2. The fourth-order valence-corrected chi connectivity index (χ4v) is 6.01. The zero-order valence-corrected chi connectivity index (χ0v) is 16.8. The molecule has 10 heteroatoms. The van der Waals surface area contributed by atoms with Crippen LogP contribution in [0.1, 0.15) is 12.5 Å². The molecule has 1 aliphatic rings. The maximum atomic E-state index is 13.1. The van der Waals surface area contributed by atoms with Crippen molar-refractivity contribution in [1.82, 2.24) is 9.78 Å². The predicted molar refractivity (Wildman–Crippen MR) is 107 cm³/mol. The topological polar surface area (TPSA) is 98.1 Å². The third-order valence-electron chi connectivity index (χ3n) is 4.72. The number of aromatic nitrogens is 2. The van der Waals surface area contributed by atoms with Crippen LogP contribution in [0.4, 0.5) is 10.2 Å². The lowest BCUT2D eigenvalue weighted by Gasteiger charge is -2.14. The Morgan fingerprint density at radius 2 is 1.76 bits per heavy atom. The molecular formula is C19H18FN3O4S2. The smallest absolute Gasteiger partial charge is 0.263 e. The van der Waals surface area contributed by atoms with Gasteiger partial charge in [0, 0.05) is 11.6 Å². The number of hydrogen-bond donors (Lipinski definition) is 1. The molecule has 4 rings (SSSR count). The van der Waals surface area contributed by atoms with Crippen molar-refractivity contribution in [2.24, 2.45) is 0 Å². The van der Waals surface area contributed by atoms with E-state index in [2.05, 4.69) is 9.82 Å². The standard InChI is InChI=1S/C19H18FN3O4S2/c20-15-6-8-17(9-7-15)29(26,27)22-19-12-18(14-4-2-1-3-5-14)21-23(19)16-10-11-28(24,25)13-16/h1-9,12,16,22H,10-11,13H2/t16-/m0/s1. The second-order valence-electron chi connectivity index (χ2n) is 6.84. The third kappa shape index (κ3) is 4.18. The lowest BCUT2D eigenvalue weighted by atomic mass is 10.2. The second kappa shape index (κ2) is 7.27. The second-order valence-corrected chi connectivity index (χ2v) is 10.8. The summed E-state index contributed by atoms with van der Waals surface area (Å²) in [6.45, 7) is 0. The van der Waals surface area contributed by atoms with Gasteiger partial charge in [-0.1, -0.05) is 30.3 Å². The van der Waals surface area contributed by atoms with Gasteiger partial charge in [0.2, 0.25) is 0 Å². The molecular weight excluding hydrogens is 417 g/mol. The summed E-state index contributed by atoms with van der Waals surface area (Å²) in [6.07, 6.45) is 0.351. The minimum atomic E-state index is -4.01. The summed E-state index contributed by atoms with van der Waals surface area (Å²) in [5.74, 6) is -0.455. The Kier molecular flexibility index (Phi) is 4.91. The van der Waals surface area contributed by atoms with E-state index < -0.39 is 31.7 Å². The molecule has 2 heterocycles. The predicted octanol–water partition coefficient (Wildman–Crippen LogP) is 2.85. The first-order chi connectivity index (χ1) is 13.7. The lowest BCUT2D eigenvalue weighted by molar-refractivity contribution is 0.507. The number of sulfone groups is 1. The number of hydrogen-bond acceptors (Lipinski definition) is 5. The molecule has 3 aromatic rings. The van der Waals surface area contributed by atoms with E-state index in [9.17, 15) is 21.2 Å². The fourth-order valence-electron chi connectivity index (χ4n) is 3.28. The summed E-state index contributed by atoms with van der Waals surface area (Å²) < 4.78 is 66.4. The largest absolute Gasteiger partial charge is 0.264 e. The molecule has 7 nitrogen and oxygen atoms in total. The number of anilines is 1. The van der Waals surface area contributed by atoms with Crippen molar-refractivity contribution in [3.8, 4) is 11.3 Å². The molecule has 1 saturated heterocycles. The Morgan fingerprint density at radius 1 is 1.07 bits per heavy atom. The first-order valence-corrected chi connectivity index (χ1v) is 12.2. The summed E-state index contributed by atoms with van der Waals surface area (Å²) in [6, 6.07) is 14.7. The minimum absolute atomic E-state index is 0.0301. The Hall–Kier alpha value is -2.72. The molecule has 1 aromatic heterocycles. The van der Waals surface area contributed by atoms with Crippen LogP contribution in [-0.4, -0.2) is 38.1 Å². The fraction of sp³-hybridized carbons (Fsp3) is 0.211. The van der Waals surface area contributed by atoms with E-state index in [1.807, 2.05) is 30.3 Å². The van der Waals surface area contributed by atoms with Gasteiger partial charge in [-0.2, -0.15) is 5.10 Å². The van der Waals surface area contributed by atoms with Crippen LogP contribution in [0.3, 0.4) is 0 Å². The Balaban J connectivity index is 1.75. The Labute approximate surface area is 168 Å².